The summed E-state index contributed by atoms with van der Waals surface area (Å²) in [5.41, 5.74) is 7.33. The first-order valence-electron chi connectivity index (χ1n) is 5.36. The summed E-state index contributed by atoms with van der Waals surface area (Å²) in [5.74, 6) is 0.602. The zero-order valence-corrected chi connectivity index (χ0v) is 9.75. The Balaban J connectivity index is 2.52. The molecule has 1 aromatic carbocycles. The number of aryl methyl sites for hydroxylation is 2. The maximum atomic E-state index is 11.4. The molecule has 4 nitrogen and oxygen atoms in total. The summed E-state index contributed by atoms with van der Waals surface area (Å²) >= 11 is 0. The van der Waals surface area contributed by atoms with Crippen LogP contribution >= 0.6 is 0 Å². The average molecular weight is 222 g/mol. The van der Waals surface area contributed by atoms with Crippen molar-refractivity contribution in [3.8, 4) is 5.75 Å². The minimum absolute atomic E-state index is 0.429. The number of hydrogen-bond donors (Lipinski definition) is 2. The molecular weight excluding hydrogens is 204 g/mol. The predicted molar refractivity (Wildman–Crippen MR) is 63.6 cm³/mol. The summed E-state index contributed by atoms with van der Waals surface area (Å²) in [4.78, 5) is 11.4. The van der Waals surface area contributed by atoms with Gasteiger partial charge in [-0.1, -0.05) is 12.1 Å². The highest BCUT2D eigenvalue weighted by Crippen LogP contribution is 2.18. The smallest absolute Gasteiger partial charge is 0.410 e. The summed E-state index contributed by atoms with van der Waals surface area (Å²) < 4.78 is 5.18. The monoisotopic (exact) mass is 222 g/mol. The lowest BCUT2D eigenvalue weighted by atomic mass is 10.1. The zero-order chi connectivity index (χ0) is 12.0. The van der Waals surface area contributed by atoms with Gasteiger partial charge in [0.1, 0.15) is 5.75 Å². The van der Waals surface area contributed by atoms with Crippen LogP contribution < -0.4 is 15.8 Å². The SMILES string of the molecule is Cc1ccc(C)c(OC(=O)NCCCN)c1. The van der Waals surface area contributed by atoms with E-state index in [-0.39, 0.29) is 0 Å². The number of carbonyl (C=O) groups excluding carboxylic acids is 1. The number of nitrogens with one attached hydrogen (secondary N) is 1. The lowest BCUT2D eigenvalue weighted by molar-refractivity contribution is 0.200. The molecule has 0 aliphatic rings. The number of carbonyl (C=O) groups is 1. The molecule has 4 heteroatoms. The molecule has 1 aromatic rings. The van der Waals surface area contributed by atoms with Crippen molar-refractivity contribution < 1.29 is 9.53 Å². The molecule has 1 rings (SSSR count). The molecule has 0 aromatic heterocycles. The molecule has 0 saturated heterocycles. The summed E-state index contributed by atoms with van der Waals surface area (Å²) in [7, 11) is 0. The first-order chi connectivity index (χ1) is 7.63. The van der Waals surface area contributed by atoms with Gasteiger partial charge in [0.2, 0.25) is 0 Å². The van der Waals surface area contributed by atoms with Gasteiger partial charge in [-0.2, -0.15) is 0 Å². The first-order valence-corrected chi connectivity index (χ1v) is 5.36. The van der Waals surface area contributed by atoms with Gasteiger partial charge in [-0.05, 0) is 44.0 Å². The van der Waals surface area contributed by atoms with Crippen molar-refractivity contribution in [3.63, 3.8) is 0 Å². The number of ether oxygens (including phenoxy) is 1. The first kappa shape index (κ1) is 12.5. The van der Waals surface area contributed by atoms with E-state index in [0.29, 0.717) is 18.8 Å². The van der Waals surface area contributed by atoms with Crippen molar-refractivity contribution in [1.82, 2.24) is 5.32 Å². The molecule has 1 amide bonds. The molecule has 0 aliphatic carbocycles. The number of rotatable bonds is 4. The summed E-state index contributed by atoms with van der Waals surface area (Å²) in [6.07, 6.45) is 0.323. The average Bonchev–Trinajstić information content (AvgIpc) is 2.24. The van der Waals surface area contributed by atoms with Crippen molar-refractivity contribution >= 4 is 6.09 Å². The Labute approximate surface area is 95.8 Å². The van der Waals surface area contributed by atoms with Crippen molar-refractivity contribution in [2.45, 2.75) is 20.3 Å². The maximum absolute atomic E-state index is 11.4. The van der Waals surface area contributed by atoms with Crippen LogP contribution in [0.15, 0.2) is 18.2 Å². The van der Waals surface area contributed by atoms with E-state index in [0.717, 1.165) is 17.5 Å². The minimum Gasteiger partial charge on any atom is -0.410 e. The molecule has 0 unspecified atom stereocenters. The fraction of sp³-hybridized carbons (Fsp3) is 0.417. The predicted octanol–water partition coefficient (Wildman–Crippen LogP) is 1.74. The van der Waals surface area contributed by atoms with E-state index in [2.05, 4.69) is 5.32 Å². The summed E-state index contributed by atoms with van der Waals surface area (Å²) in [6, 6.07) is 5.75. The molecule has 88 valence electrons. The van der Waals surface area contributed by atoms with E-state index in [9.17, 15) is 4.79 Å². The lowest BCUT2D eigenvalue weighted by Gasteiger charge is -2.09. The van der Waals surface area contributed by atoms with Gasteiger partial charge in [0.25, 0.3) is 0 Å². The Kier molecular flexibility index (Phi) is 4.79. The fourth-order valence-electron chi connectivity index (χ4n) is 1.25. The van der Waals surface area contributed by atoms with E-state index in [1.54, 1.807) is 0 Å². The van der Waals surface area contributed by atoms with E-state index in [4.69, 9.17) is 10.5 Å². The van der Waals surface area contributed by atoms with Crippen LogP contribution in [0.2, 0.25) is 0 Å². The molecule has 0 saturated carbocycles. The highest BCUT2D eigenvalue weighted by atomic mass is 16.6. The van der Waals surface area contributed by atoms with Crippen molar-refractivity contribution in [2.75, 3.05) is 13.1 Å². The van der Waals surface area contributed by atoms with E-state index >= 15 is 0 Å². The van der Waals surface area contributed by atoms with Crippen LogP contribution in [0.1, 0.15) is 17.5 Å². The Morgan fingerprint density at radius 2 is 2.19 bits per heavy atom. The quantitative estimate of drug-likeness (QED) is 0.763. The molecule has 0 spiro atoms. The summed E-state index contributed by atoms with van der Waals surface area (Å²) in [5, 5.41) is 2.64. The number of benzene rings is 1. The van der Waals surface area contributed by atoms with Gasteiger partial charge in [-0.15, -0.1) is 0 Å². The number of nitrogens with two attached hydrogens (primary N) is 1. The summed E-state index contributed by atoms with van der Waals surface area (Å²) in [6.45, 7) is 4.96. The maximum Gasteiger partial charge on any atom is 0.412 e. The highest BCUT2D eigenvalue weighted by molar-refractivity contribution is 5.70. The molecule has 0 heterocycles. The molecular formula is C12H18N2O2. The van der Waals surface area contributed by atoms with Gasteiger partial charge in [0, 0.05) is 6.54 Å². The zero-order valence-electron chi connectivity index (χ0n) is 9.75. The van der Waals surface area contributed by atoms with Crippen LogP contribution in [0.3, 0.4) is 0 Å². The van der Waals surface area contributed by atoms with Gasteiger partial charge in [0.15, 0.2) is 0 Å². The van der Waals surface area contributed by atoms with Crippen molar-refractivity contribution in [3.05, 3.63) is 29.3 Å². The second-order valence-corrected chi connectivity index (χ2v) is 3.73. The largest absolute Gasteiger partial charge is 0.412 e. The van der Waals surface area contributed by atoms with Gasteiger partial charge in [-0.3, -0.25) is 0 Å². The molecule has 0 radical (unpaired) electrons. The molecule has 3 N–H and O–H groups in total. The lowest BCUT2D eigenvalue weighted by Crippen LogP contribution is -2.29. The molecule has 0 aliphatic heterocycles. The van der Waals surface area contributed by atoms with Crippen LogP contribution in [0.25, 0.3) is 0 Å². The topological polar surface area (TPSA) is 64.3 Å². The van der Waals surface area contributed by atoms with Gasteiger partial charge in [-0.25, -0.2) is 4.79 Å². The number of hydrogen-bond acceptors (Lipinski definition) is 3. The van der Waals surface area contributed by atoms with Crippen molar-refractivity contribution in [1.29, 1.82) is 0 Å². The van der Waals surface area contributed by atoms with Gasteiger partial charge >= 0.3 is 6.09 Å². The number of amides is 1. The third kappa shape index (κ3) is 3.90. The normalized spacial score (nSPS) is 9.94. The third-order valence-corrected chi connectivity index (χ3v) is 2.20. The van der Waals surface area contributed by atoms with E-state index in [1.165, 1.54) is 0 Å². The second-order valence-electron chi connectivity index (χ2n) is 3.73. The third-order valence-electron chi connectivity index (χ3n) is 2.20. The van der Waals surface area contributed by atoms with Crippen LogP contribution in [-0.2, 0) is 0 Å². The molecule has 0 bridgehead atoms. The van der Waals surface area contributed by atoms with Crippen molar-refractivity contribution in [2.24, 2.45) is 5.73 Å². The fourth-order valence-corrected chi connectivity index (χ4v) is 1.25. The Hall–Kier alpha value is -1.55. The van der Waals surface area contributed by atoms with E-state index in [1.807, 2.05) is 32.0 Å². The van der Waals surface area contributed by atoms with Crippen LogP contribution in [-0.4, -0.2) is 19.2 Å². The Bertz CT molecular complexity index is 364. The highest BCUT2D eigenvalue weighted by Gasteiger charge is 2.06. The van der Waals surface area contributed by atoms with Crippen LogP contribution in [0.5, 0.6) is 5.75 Å². The molecule has 0 fully saturated rings. The Morgan fingerprint density at radius 3 is 2.88 bits per heavy atom. The molecule has 0 atom stereocenters. The van der Waals surface area contributed by atoms with Crippen LogP contribution in [0.4, 0.5) is 4.79 Å². The van der Waals surface area contributed by atoms with E-state index < -0.39 is 6.09 Å². The van der Waals surface area contributed by atoms with Gasteiger partial charge in [0.05, 0.1) is 0 Å². The Morgan fingerprint density at radius 1 is 1.44 bits per heavy atom. The van der Waals surface area contributed by atoms with Crippen LogP contribution in [0, 0.1) is 13.8 Å². The van der Waals surface area contributed by atoms with Gasteiger partial charge < -0.3 is 15.8 Å². The standard InChI is InChI=1S/C12H18N2O2/c1-9-4-5-10(2)11(8-9)16-12(15)14-7-3-6-13/h4-5,8H,3,6-7,13H2,1-2H3,(H,14,15). The molecule has 16 heavy (non-hydrogen) atoms. The minimum atomic E-state index is -0.429. The second kappa shape index (κ2) is 6.12.